The third-order valence-electron chi connectivity index (χ3n) is 2.04. The van der Waals surface area contributed by atoms with Crippen molar-refractivity contribution in [2.75, 3.05) is 20.3 Å². The molecule has 66 valence electrons. The third-order valence-corrected chi connectivity index (χ3v) is 2.04. The van der Waals surface area contributed by atoms with Crippen LogP contribution in [-0.2, 0) is 9.47 Å². The summed E-state index contributed by atoms with van der Waals surface area (Å²) in [7, 11) is 1.65. The van der Waals surface area contributed by atoms with Crippen molar-refractivity contribution < 1.29 is 14.6 Å². The van der Waals surface area contributed by atoms with Gasteiger partial charge in [-0.15, -0.1) is 0 Å². The molecule has 1 saturated carbocycles. The van der Waals surface area contributed by atoms with E-state index in [0.29, 0.717) is 13.2 Å². The molecular formula is C8H16O3. The molecule has 1 fully saturated rings. The molecule has 0 aromatic carbocycles. The van der Waals surface area contributed by atoms with Gasteiger partial charge in [-0.1, -0.05) is 0 Å². The van der Waals surface area contributed by atoms with Crippen molar-refractivity contribution in [3.05, 3.63) is 0 Å². The standard InChI is InChI=1S/C8H16O3/c1-10-5-6-11-8-4-2-3-7(8)9/h7-9H,2-6H2,1H3. The first-order valence-corrected chi connectivity index (χ1v) is 4.13. The molecule has 1 aliphatic carbocycles. The Bertz CT molecular complexity index is 106. The van der Waals surface area contributed by atoms with E-state index in [1.807, 2.05) is 0 Å². The van der Waals surface area contributed by atoms with E-state index in [2.05, 4.69) is 0 Å². The quantitative estimate of drug-likeness (QED) is 0.611. The van der Waals surface area contributed by atoms with Gasteiger partial charge in [-0.25, -0.2) is 0 Å². The average Bonchev–Trinajstić information content (AvgIpc) is 2.37. The lowest BCUT2D eigenvalue weighted by Crippen LogP contribution is -2.24. The van der Waals surface area contributed by atoms with Gasteiger partial charge in [-0.05, 0) is 19.3 Å². The van der Waals surface area contributed by atoms with E-state index in [1.165, 1.54) is 0 Å². The minimum atomic E-state index is -0.244. The SMILES string of the molecule is COCCOC1CCCC1O. The highest BCUT2D eigenvalue weighted by Gasteiger charge is 2.25. The molecule has 11 heavy (non-hydrogen) atoms. The van der Waals surface area contributed by atoms with Crippen LogP contribution in [0.5, 0.6) is 0 Å². The summed E-state index contributed by atoms with van der Waals surface area (Å²) in [5, 5.41) is 9.32. The summed E-state index contributed by atoms with van der Waals surface area (Å²) in [5.41, 5.74) is 0. The second-order valence-electron chi connectivity index (χ2n) is 2.90. The molecule has 0 aromatic rings. The Kier molecular flexibility index (Phi) is 3.83. The van der Waals surface area contributed by atoms with Crippen LogP contribution in [0.2, 0.25) is 0 Å². The fraction of sp³-hybridized carbons (Fsp3) is 1.00. The fourth-order valence-electron chi connectivity index (χ4n) is 1.38. The molecule has 2 unspecified atom stereocenters. The van der Waals surface area contributed by atoms with Crippen LogP contribution in [0, 0.1) is 0 Å². The van der Waals surface area contributed by atoms with Crippen molar-refractivity contribution >= 4 is 0 Å². The van der Waals surface area contributed by atoms with Gasteiger partial charge in [0.05, 0.1) is 25.4 Å². The second kappa shape index (κ2) is 4.70. The summed E-state index contributed by atoms with van der Waals surface area (Å²) >= 11 is 0. The molecule has 1 aliphatic rings. The molecule has 0 radical (unpaired) electrons. The van der Waals surface area contributed by atoms with Gasteiger partial charge in [0.25, 0.3) is 0 Å². The Morgan fingerprint density at radius 1 is 1.36 bits per heavy atom. The smallest absolute Gasteiger partial charge is 0.0835 e. The zero-order valence-corrected chi connectivity index (χ0v) is 6.95. The Hall–Kier alpha value is -0.120. The van der Waals surface area contributed by atoms with Crippen molar-refractivity contribution in [1.82, 2.24) is 0 Å². The highest BCUT2D eigenvalue weighted by Crippen LogP contribution is 2.21. The summed E-state index contributed by atoms with van der Waals surface area (Å²) in [6, 6.07) is 0. The van der Waals surface area contributed by atoms with Gasteiger partial charge < -0.3 is 14.6 Å². The van der Waals surface area contributed by atoms with Gasteiger partial charge in [0.2, 0.25) is 0 Å². The molecule has 0 bridgehead atoms. The van der Waals surface area contributed by atoms with Crippen LogP contribution in [0.25, 0.3) is 0 Å². The van der Waals surface area contributed by atoms with E-state index in [0.717, 1.165) is 19.3 Å². The number of ether oxygens (including phenoxy) is 2. The number of rotatable bonds is 4. The van der Waals surface area contributed by atoms with Gasteiger partial charge in [-0.2, -0.15) is 0 Å². The predicted octanol–water partition coefficient (Wildman–Crippen LogP) is 0.563. The highest BCUT2D eigenvalue weighted by molar-refractivity contribution is 4.76. The number of hydrogen-bond donors (Lipinski definition) is 1. The van der Waals surface area contributed by atoms with Gasteiger partial charge in [0.15, 0.2) is 0 Å². The van der Waals surface area contributed by atoms with Crippen molar-refractivity contribution in [2.45, 2.75) is 31.5 Å². The summed E-state index contributed by atoms with van der Waals surface area (Å²) in [6.07, 6.45) is 2.78. The van der Waals surface area contributed by atoms with Crippen LogP contribution < -0.4 is 0 Å². The first-order valence-electron chi connectivity index (χ1n) is 4.13. The molecule has 0 spiro atoms. The normalized spacial score (nSPS) is 31.1. The van der Waals surface area contributed by atoms with Crippen LogP contribution in [0.1, 0.15) is 19.3 Å². The first-order chi connectivity index (χ1) is 5.34. The molecule has 3 nitrogen and oxygen atoms in total. The summed E-state index contributed by atoms with van der Waals surface area (Å²) in [5.74, 6) is 0. The van der Waals surface area contributed by atoms with Crippen LogP contribution in [0.3, 0.4) is 0 Å². The van der Waals surface area contributed by atoms with Crippen LogP contribution in [0.4, 0.5) is 0 Å². The monoisotopic (exact) mass is 160 g/mol. The lowest BCUT2D eigenvalue weighted by atomic mass is 10.3. The summed E-state index contributed by atoms with van der Waals surface area (Å²) in [6.45, 7) is 1.21. The first kappa shape index (κ1) is 8.97. The highest BCUT2D eigenvalue weighted by atomic mass is 16.5. The number of hydrogen-bond acceptors (Lipinski definition) is 3. The predicted molar refractivity (Wildman–Crippen MR) is 41.5 cm³/mol. The minimum absolute atomic E-state index is 0.0603. The van der Waals surface area contributed by atoms with E-state index in [-0.39, 0.29) is 12.2 Å². The Morgan fingerprint density at radius 3 is 2.73 bits per heavy atom. The number of aliphatic hydroxyl groups is 1. The maximum atomic E-state index is 9.32. The molecule has 0 aliphatic heterocycles. The van der Waals surface area contributed by atoms with Crippen LogP contribution in [0.15, 0.2) is 0 Å². The van der Waals surface area contributed by atoms with E-state index in [1.54, 1.807) is 7.11 Å². The lowest BCUT2D eigenvalue weighted by Gasteiger charge is -2.14. The molecule has 0 amide bonds. The maximum Gasteiger partial charge on any atom is 0.0835 e. The van der Waals surface area contributed by atoms with Crippen molar-refractivity contribution in [3.63, 3.8) is 0 Å². The average molecular weight is 160 g/mol. The number of aliphatic hydroxyl groups excluding tert-OH is 1. The van der Waals surface area contributed by atoms with Gasteiger partial charge >= 0.3 is 0 Å². The Labute approximate surface area is 67.3 Å². The molecular weight excluding hydrogens is 144 g/mol. The number of methoxy groups -OCH3 is 1. The minimum Gasteiger partial charge on any atom is -0.390 e. The van der Waals surface area contributed by atoms with E-state index in [4.69, 9.17) is 9.47 Å². The van der Waals surface area contributed by atoms with Crippen molar-refractivity contribution in [2.24, 2.45) is 0 Å². The van der Waals surface area contributed by atoms with Crippen molar-refractivity contribution in [1.29, 1.82) is 0 Å². The van der Waals surface area contributed by atoms with Gasteiger partial charge in [0, 0.05) is 7.11 Å². The van der Waals surface area contributed by atoms with E-state index < -0.39 is 0 Å². The Morgan fingerprint density at radius 2 is 2.18 bits per heavy atom. The molecule has 0 aromatic heterocycles. The van der Waals surface area contributed by atoms with Gasteiger partial charge in [0.1, 0.15) is 0 Å². The van der Waals surface area contributed by atoms with Crippen LogP contribution >= 0.6 is 0 Å². The topological polar surface area (TPSA) is 38.7 Å². The lowest BCUT2D eigenvalue weighted by molar-refractivity contribution is -0.0353. The summed E-state index contributed by atoms with van der Waals surface area (Å²) < 4.78 is 10.2. The molecule has 0 saturated heterocycles. The maximum absolute atomic E-state index is 9.32. The fourth-order valence-corrected chi connectivity index (χ4v) is 1.38. The largest absolute Gasteiger partial charge is 0.390 e. The van der Waals surface area contributed by atoms with Crippen molar-refractivity contribution in [3.8, 4) is 0 Å². The van der Waals surface area contributed by atoms with E-state index in [9.17, 15) is 5.11 Å². The molecule has 1 N–H and O–H groups in total. The zero-order valence-electron chi connectivity index (χ0n) is 6.95. The molecule has 0 heterocycles. The molecule has 3 heteroatoms. The second-order valence-corrected chi connectivity index (χ2v) is 2.90. The van der Waals surface area contributed by atoms with E-state index >= 15 is 0 Å². The Balaban J connectivity index is 2.05. The third kappa shape index (κ3) is 2.77. The molecule has 1 rings (SSSR count). The van der Waals surface area contributed by atoms with Gasteiger partial charge in [-0.3, -0.25) is 0 Å². The summed E-state index contributed by atoms with van der Waals surface area (Å²) in [4.78, 5) is 0. The van der Waals surface area contributed by atoms with Crippen LogP contribution in [-0.4, -0.2) is 37.6 Å². The molecule has 2 atom stereocenters. The zero-order chi connectivity index (χ0) is 8.10.